The normalized spacial score (nSPS) is 26.0. The molecule has 0 spiro atoms. The van der Waals surface area contributed by atoms with Crippen LogP contribution in [0.5, 0.6) is 5.75 Å². The van der Waals surface area contributed by atoms with Crippen molar-refractivity contribution >= 4 is 0 Å². The molecular formula is C13H23N3O2. The average molecular weight is 253 g/mol. The van der Waals surface area contributed by atoms with Crippen LogP contribution in [-0.2, 0) is 11.3 Å². The summed E-state index contributed by atoms with van der Waals surface area (Å²) in [5.41, 5.74) is 7.05. The van der Waals surface area contributed by atoms with Gasteiger partial charge in [0, 0.05) is 13.2 Å². The van der Waals surface area contributed by atoms with Crippen LogP contribution in [0.2, 0.25) is 0 Å². The Morgan fingerprint density at radius 3 is 2.94 bits per heavy atom. The molecular weight excluding hydrogens is 230 g/mol. The van der Waals surface area contributed by atoms with E-state index >= 15 is 0 Å². The molecule has 0 radical (unpaired) electrons. The first-order chi connectivity index (χ1) is 8.62. The van der Waals surface area contributed by atoms with Gasteiger partial charge in [-0.05, 0) is 33.1 Å². The molecule has 2 N–H and O–H groups in total. The average Bonchev–Trinajstić information content (AvgIpc) is 2.81. The molecule has 1 aromatic heterocycles. The lowest BCUT2D eigenvalue weighted by Crippen LogP contribution is -2.44. The van der Waals surface area contributed by atoms with Gasteiger partial charge in [0.25, 0.3) is 0 Å². The molecule has 2 unspecified atom stereocenters. The van der Waals surface area contributed by atoms with Gasteiger partial charge in [0.15, 0.2) is 5.75 Å². The third-order valence-electron chi connectivity index (χ3n) is 3.82. The van der Waals surface area contributed by atoms with E-state index in [-0.39, 0.29) is 11.6 Å². The van der Waals surface area contributed by atoms with E-state index in [4.69, 9.17) is 15.2 Å². The van der Waals surface area contributed by atoms with Crippen molar-refractivity contribution in [1.82, 2.24) is 9.78 Å². The van der Waals surface area contributed by atoms with E-state index in [2.05, 4.69) is 12.0 Å². The molecule has 1 saturated heterocycles. The van der Waals surface area contributed by atoms with Crippen LogP contribution in [0, 0.1) is 0 Å². The van der Waals surface area contributed by atoms with Crippen LogP contribution in [0.1, 0.15) is 44.8 Å². The summed E-state index contributed by atoms with van der Waals surface area (Å²) in [5, 5.41) is 4.31. The van der Waals surface area contributed by atoms with Crippen molar-refractivity contribution in [2.75, 3.05) is 13.7 Å². The Balaban J connectivity index is 2.31. The number of ether oxygens (including phenoxy) is 2. The molecule has 18 heavy (non-hydrogen) atoms. The van der Waals surface area contributed by atoms with E-state index < -0.39 is 0 Å². The number of aromatic nitrogens is 2. The highest BCUT2D eigenvalue weighted by molar-refractivity contribution is 5.30. The van der Waals surface area contributed by atoms with E-state index in [1.165, 1.54) is 0 Å². The molecule has 1 aromatic rings. The first-order valence-electron chi connectivity index (χ1n) is 6.61. The van der Waals surface area contributed by atoms with Gasteiger partial charge in [-0.15, -0.1) is 0 Å². The van der Waals surface area contributed by atoms with E-state index in [0.717, 1.165) is 43.9 Å². The molecule has 1 aliphatic heterocycles. The van der Waals surface area contributed by atoms with Crippen molar-refractivity contribution in [3.63, 3.8) is 0 Å². The Kier molecular flexibility index (Phi) is 3.92. The van der Waals surface area contributed by atoms with Crippen molar-refractivity contribution in [3.8, 4) is 5.75 Å². The topological polar surface area (TPSA) is 62.3 Å². The highest BCUT2D eigenvalue weighted by atomic mass is 16.5. The van der Waals surface area contributed by atoms with Crippen LogP contribution >= 0.6 is 0 Å². The van der Waals surface area contributed by atoms with Crippen molar-refractivity contribution in [2.24, 2.45) is 5.73 Å². The predicted molar refractivity (Wildman–Crippen MR) is 69.6 cm³/mol. The Morgan fingerprint density at radius 2 is 2.39 bits per heavy atom. The molecule has 0 aromatic carbocycles. The zero-order valence-corrected chi connectivity index (χ0v) is 11.5. The Bertz CT molecular complexity index is 375. The second-order valence-electron chi connectivity index (χ2n) is 5.01. The lowest BCUT2D eigenvalue weighted by atomic mass is 9.86. The first kappa shape index (κ1) is 13.4. The Morgan fingerprint density at radius 1 is 1.61 bits per heavy atom. The minimum absolute atomic E-state index is 0.213. The minimum atomic E-state index is -0.321. The van der Waals surface area contributed by atoms with Crippen LogP contribution in [-0.4, -0.2) is 29.1 Å². The monoisotopic (exact) mass is 253 g/mol. The number of rotatable bonds is 4. The summed E-state index contributed by atoms with van der Waals surface area (Å²) in [6.07, 6.45) is 4.98. The number of hydrogen-bond acceptors (Lipinski definition) is 4. The first-order valence-corrected chi connectivity index (χ1v) is 6.61. The summed E-state index contributed by atoms with van der Waals surface area (Å²) in [7, 11) is 1.65. The zero-order valence-electron chi connectivity index (χ0n) is 11.5. The van der Waals surface area contributed by atoms with Gasteiger partial charge < -0.3 is 15.2 Å². The molecule has 2 rings (SSSR count). The second-order valence-corrected chi connectivity index (χ2v) is 5.01. The molecule has 2 heterocycles. The van der Waals surface area contributed by atoms with Crippen molar-refractivity contribution < 1.29 is 9.47 Å². The van der Waals surface area contributed by atoms with Crippen LogP contribution in [0.3, 0.4) is 0 Å². The fourth-order valence-electron chi connectivity index (χ4n) is 2.59. The maximum atomic E-state index is 6.44. The number of aryl methyl sites for hydroxylation is 1. The predicted octanol–water partition coefficient (Wildman–Crippen LogP) is 1.87. The molecule has 0 amide bonds. The van der Waals surface area contributed by atoms with Gasteiger partial charge in [0.05, 0.1) is 30.6 Å². The lowest BCUT2D eigenvalue weighted by Gasteiger charge is -2.39. The Labute approximate surface area is 108 Å². The number of hydrogen-bond donors (Lipinski definition) is 1. The van der Waals surface area contributed by atoms with Crippen LogP contribution in [0.4, 0.5) is 0 Å². The molecule has 0 aliphatic carbocycles. The lowest BCUT2D eigenvalue weighted by molar-refractivity contribution is -0.0838. The summed E-state index contributed by atoms with van der Waals surface area (Å²) >= 11 is 0. The largest absolute Gasteiger partial charge is 0.493 e. The fraction of sp³-hybridized carbons (Fsp3) is 0.769. The molecule has 1 aliphatic rings. The maximum Gasteiger partial charge on any atom is 0.161 e. The van der Waals surface area contributed by atoms with E-state index in [9.17, 15) is 0 Å². The van der Waals surface area contributed by atoms with E-state index in [1.807, 2.05) is 11.6 Å². The van der Waals surface area contributed by atoms with Gasteiger partial charge in [-0.25, -0.2) is 0 Å². The number of nitrogens with zero attached hydrogens (tertiary/aromatic N) is 2. The van der Waals surface area contributed by atoms with Gasteiger partial charge >= 0.3 is 0 Å². The maximum absolute atomic E-state index is 6.44. The van der Waals surface area contributed by atoms with Crippen molar-refractivity contribution in [1.29, 1.82) is 0 Å². The van der Waals surface area contributed by atoms with Gasteiger partial charge in [0.2, 0.25) is 0 Å². The van der Waals surface area contributed by atoms with Gasteiger partial charge in [-0.2, -0.15) is 5.10 Å². The standard InChI is InChI=1S/C13H23N3O2/c1-4-16-11(10(17-3)9-15-16)12(14)13(2)7-5-6-8-18-13/h9,12H,4-8,14H2,1-3H3. The molecule has 5 nitrogen and oxygen atoms in total. The van der Waals surface area contributed by atoms with Gasteiger partial charge in [0.1, 0.15) is 0 Å². The van der Waals surface area contributed by atoms with E-state index in [0.29, 0.717) is 0 Å². The number of methoxy groups -OCH3 is 1. The summed E-state index contributed by atoms with van der Waals surface area (Å²) in [4.78, 5) is 0. The number of nitrogens with two attached hydrogens (primary N) is 1. The summed E-state index contributed by atoms with van der Waals surface area (Å²) in [6.45, 7) is 5.70. The molecule has 102 valence electrons. The molecule has 1 fully saturated rings. The summed E-state index contributed by atoms with van der Waals surface area (Å²) in [5.74, 6) is 0.750. The third-order valence-corrected chi connectivity index (χ3v) is 3.82. The SMILES string of the molecule is CCn1ncc(OC)c1C(N)C1(C)CCCCO1. The smallest absolute Gasteiger partial charge is 0.161 e. The van der Waals surface area contributed by atoms with Gasteiger partial charge in [-0.3, -0.25) is 4.68 Å². The summed E-state index contributed by atoms with van der Waals surface area (Å²) in [6, 6.07) is -0.213. The second kappa shape index (κ2) is 5.28. The van der Waals surface area contributed by atoms with Crippen LogP contribution in [0.25, 0.3) is 0 Å². The highest BCUT2D eigenvalue weighted by Crippen LogP contribution is 2.38. The Hall–Kier alpha value is -1.07. The van der Waals surface area contributed by atoms with Gasteiger partial charge in [-0.1, -0.05) is 0 Å². The van der Waals surface area contributed by atoms with E-state index in [1.54, 1.807) is 13.3 Å². The molecule has 0 saturated carbocycles. The molecule has 5 heteroatoms. The van der Waals surface area contributed by atoms with Crippen molar-refractivity contribution in [3.05, 3.63) is 11.9 Å². The molecule has 2 atom stereocenters. The third kappa shape index (κ3) is 2.24. The summed E-state index contributed by atoms with van der Waals surface area (Å²) < 4.78 is 13.2. The zero-order chi connectivity index (χ0) is 13.2. The molecule has 0 bridgehead atoms. The fourth-order valence-corrected chi connectivity index (χ4v) is 2.59. The van der Waals surface area contributed by atoms with Crippen molar-refractivity contribution in [2.45, 2.75) is 51.3 Å². The van der Waals surface area contributed by atoms with Crippen LogP contribution < -0.4 is 10.5 Å². The quantitative estimate of drug-likeness (QED) is 0.889. The van der Waals surface area contributed by atoms with Crippen LogP contribution in [0.15, 0.2) is 6.20 Å². The minimum Gasteiger partial charge on any atom is -0.493 e. The highest BCUT2D eigenvalue weighted by Gasteiger charge is 2.38.